The SMILES string of the molecule is Cc1nc(C)c(C(=O)NCc2cc(C(=O)O)ccn2)o1. The second kappa shape index (κ2) is 5.52. The van der Waals surface area contributed by atoms with Gasteiger partial charge in [-0.1, -0.05) is 0 Å². The molecule has 2 heterocycles. The summed E-state index contributed by atoms with van der Waals surface area (Å²) < 4.78 is 5.19. The minimum absolute atomic E-state index is 0.110. The Morgan fingerprint density at radius 3 is 2.75 bits per heavy atom. The highest BCUT2D eigenvalue weighted by Crippen LogP contribution is 2.09. The van der Waals surface area contributed by atoms with Crippen molar-refractivity contribution in [3.63, 3.8) is 0 Å². The summed E-state index contributed by atoms with van der Waals surface area (Å²) in [4.78, 5) is 30.7. The summed E-state index contributed by atoms with van der Waals surface area (Å²) in [6.07, 6.45) is 1.38. The lowest BCUT2D eigenvalue weighted by atomic mass is 10.2. The third-order valence-corrected chi connectivity index (χ3v) is 2.60. The van der Waals surface area contributed by atoms with E-state index in [2.05, 4.69) is 15.3 Å². The van der Waals surface area contributed by atoms with Crippen LogP contribution in [0.15, 0.2) is 22.7 Å². The molecule has 0 unspecified atom stereocenters. The summed E-state index contributed by atoms with van der Waals surface area (Å²) in [5.74, 6) is -0.886. The van der Waals surface area contributed by atoms with Crippen LogP contribution in [-0.2, 0) is 6.54 Å². The van der Waals surface area contributed by atoms with Crippen LogP contribution < -0.4 is 5.32 Å². The van der Waals surface area contributed by atoms with Gasteiger partial charge in [-0.05, 0) is 19.1 Å². The molecule has 0 fully saturated rings. The Bertz CT molecular complexity index is 663. The Labute approximate surface area is 114 Å². The van der Waals surface area contributed by atoms with Gasteiger partial charge < -0.3 is 14.8 Å². The Hall–Kier alpha value is -2.70. The van der Waals surface area contributed by atoms with Crippen molar-refractivity contribution >= 4 is 11.9 Å². The molecule has 2 aromatic heterocycles. The van der Waals surface area contributed by atoms with Crippen LogP contribution in [-0.4, -0.2) is 27.0 Å². The van der Waals surface area contributed by atoms with E-state index in [1.807, 2.05) is 0 Å². The summed E-state index contributed by atoms with van der Waals surface area (Å²) in [6.45, 7) is 3.44. The third kappa shape index (κ3) is 3.00. The number of carbonyl (C=O) groups is 2. The quantitative estimate of drug-likeness (QED) is 0.871. The molecule has 20 heavy (non-hydrogen) atoms. The van der Waals surface area contributed by atoms with E-state index in [0.29, 0.717) is 17.3 Å². The van der Waals surface area contributed by atoms with Crippen LogP contribution in [0.25, 0.3) is 0 Å². The summed E-state index contributed by atoms with van der Waals surface area (Å²) >= 11 is 0. The number of carbonyl (C=O) groups excluding carboxylic acids is 1. The number of amides is 1. The smallest absolute Gasteiger partial charge is 0.335 e. The van der Waals surface area contributed by atoms with Gasteiger partial charge >= 0.3 is 5.97 Å². The molecule has 2 aromatic rings. The van der Waals surface area contributed by atoms with Gasteiger partial charge in [0.2, 0.25) is 5.76 Å². The number of nitrogens with one attached hydrogen (secondary N) is 1. The number of carboxylic acids is 1. The first-order valence-corrected chi connectivity index (χ1v) is 5.88. The van der Waals surface area contributed by atoms with Crippen LogP contribution in [0.3, 0.4) is 0 Å². The number of aromatic carboxylic acids is 1. The number of pyridine rings is 1. The van der Waals surface area contributed by atoms with Gasteiger partial charge in [-0.25, -0.2) is 9.78 Å². The van der Waals surface area contributed by atoms with Crippen LogP contribution in [0, 0.1) is 13.8 Å². The van der Waals surface area contributed by atoms with Gasteiger partial charge in [0.05, 0.1) is 23.5 Å². The molecule has 0 saturated carbocycles. The second-order valence-electron chi connectivity index (χ2n) is 4.17. The van der Waals surface area contributed by atoms with Crippen LogP contribution in [0.2, 0.25) is 0 Å². The van der Waals surface area contributed by atoms with E-state index in [0.717, 1.165) is 0 Å². The van der Waals surface area contributed by atoms with Crippen LogP contribution in [0.1, 0.15) is 38.2 Å². The Morgan fingerprint density at radius 2 is 2.15 bits per heavy atom. The summed E-state index contributed by atoms with van der Waals surface area (Å²) in [5, 5.41) is 11.5. The van der Waals surface area contributed by atoms with E-state index < -0.39 is 11.9 Å². The number of hydrogen-bond donors (Lipinski definition) is 2. The molecule has 0 bridgehead atoms. The topological polar surface area (TPSA) is 105 Å². The average Bonchev–Trinajstić information content (AvgIpc) is 2.75. The van der Waals surface area contributed by atoms with Crippen LogP contribution in [0.5, 0.6) is 0 Å². The lowest BCUT2D eigenvalue weighted by Gasteiger charge is -2.04. The molecule has 2 rings (SSSR count). The standard InChI is InChI=1S/C13H13N3O4/c1-7-11(20-8(2)16-7)12(17)15-6-10-5-9(13(18)19)3-4-14-10/h3-5H,6H2,1-2H3,(H,15,17)(H,18,19). The maximum Gasteiger partial charge on any atom is 0.335 e. The first kappa shape index (κ1) is 13.7. The Morgan fingerprint density at radius 1 is 1.40 bits per heavy atom. The molecule has 0 saturated heterocycles. The van der Waals surface area contributed by atoms with Crippen molar-refractivity contribution in [1.82, 2.24) is 15.3 Å². The summed E-state index contributed by atoms with van der Waals surface area (Å²) in [7, 11) is 0. The van der Waals surface area contributed by atoms with Crippen molar-refractivity contribution in [3.8, 4) is 0 Å². The van der Waals surface area contributed by atoms with Gasteiger partial charge in [-0.2, -0.15) is 0 Å². The third-order valence-electron chi connectivity index (χ3n) is 2.60. The van der Waals surface area contributed by atoms with E-state index >= 15 is 0 Å². The van der Waals surface area contributed by atoms with E-state index in [1.165, 1.54) is 18.3 Å². The first-order chi connectivity index (χ1) is 9.47. The zero-order valence-corrected chi connectivity index (χ0v) is 11.0. The minimum atomic E-state index is -1.04. The predicted molar refractivity (Wildman–Crippen MR) is 68.3 cm³/mol. The monoisotopic (exact) mass is 275 g/mol. The van der Waals surface area contributed by atoms with Crippen LogP contribution in [0.4, 0.5) is 0 Å². The fourth-order valence-electron chi connectivity index (χ4n) is 1.70. The molecule has 0 aliphatic rings. The van der Waals surface area contributed by atoms with Gasteiger partial charge in [0, 0.05) is 13.1 Å². The molecule has 104 valence electrons. The van der Waals surface area contributed by atoms with E-state index in [-0.39, 0.29) is 17.9 Å². The van der Waals surface area contributed by atoms with Crippen molar-refractivity contribution in [2.75, 3.05) is 0 Å². The van der Waals surface area contributed by atoms with Gasteiger partial charge in [0.15, 0.2) is 5.89 Å². The average molecular weight is 275 g/mol. The Kier molecular flexibility index (Phi) is 3.79. The highest BCUT2D eigenvalue weighted by Gasteiger charge is 2.15. The van der Waals surface area contributed by atoms with Gasteiger partial charge in [0.25, 0.3) is 5.91 Å². The molecule has 7 nitrogen and oxygen atoms in total. The van der Waals surface area contributed by atoms with Gasteiger partial charge in [0.1, 0.15) is 0 Å². The number of carboxylic acid groups (broad SMARTS) is 1. The predicted octanol–water partition coefficient (Wildman–Crippen LogP) is 1.31. The fraction of sp³-hybridized carbons (Fsp3) is 0.231. The van der Waals surface area contributed by atoms with E-state index in [9.17, 15) is 9.59 Å². The van der Waals surface area contributed by atoms with Gasteiger partial charge in [-0.15, -0.1) is 0 Å². The number of aromatic nitrogens is 2. The van der Waals surface area contributed by atoms with Gasteiger partial charge in [-0.3, -0.25) is 9.78 Å². The zero-order valence-electron chi connectivity index (χ0n) is 11.0. The van der Waals surface area contributed by atoms with Crippen molar-refractivity contribution in [2.45, 2.75) is 20.4 Å². The van der Waals surface area contributed by atoms with E-state index in [4.69, 9.17) is 9.52 Å². The normalized spacial score (nSPS) is 10.3. The van der Waals surface area contributed by atoms with Crippen molar-refractivity contribution in [1.29, 1.82) is 0 Å². The molecule has 7 heteroatoms. The highest BCUT2D eigenvalue weighted by molar-refractivity contribution is 5.92. The molecule has 0 spiro atoms. The highest BCUT2D eigenvalue weighted by atomic mass is 16.4. The molecule has 0 radical (unpaired) electrons. The van der Waals surface area contributed by atoms with Crippen LogP contribution >= 0.6 is 0 Å². The molecule has 0 aliphatic carbocycles. The lowest BCUT2D eigenvalue weighted by Crippen LogP contribution is -2.23. The molecule has 0 aromatic carbocycles. The van der Waals surface area contributed by atoms with E-state index in [1.54, 1.807) is 13.8 Å². The van der Waals surface area contributed by atoms with Crippen molar-refractivity contribution < 1.29 is 19.1 Å². The van der Waals surface area contributed by atoms with Crippen molar-refractivity contribution in [3.05, 3.63) is 46.9 Å². The molecule has 0 atom stereocenters. The maximum atomic E-state index is 11.9. The molecule has 1 amide bonds. The zero-order chi connectivity index (χ0) is 14.7. The molecular formula is C13H13N3O4. The lowest BCUT2D eigenvalue weighted by molar-refractivity contribution is 0.0696. The second-order valence-corrected chi connectivity index (χ2v) is 4.17. The number of rotatable bonds is 4. The number of hydrogen-bond acceptors (Lipinski definition) is 5. The first-order valence-electron chi connectivity index (χ1n) is 5.88. The summed E-state index contributed by atoms with van der Waals surface area (Å²) in [6, 6.07) is 2.79. The largest absolute Gasteiger partial charge is 0.478 e. The number of aryl methyl sites for hydroxylation is 2. The number of nitrogens with zero attached hydrogens (tertiary/aromatic N) is 2. The fourth-order valence-corrected chi connectivity index (χ4v) is 1.70. The summed E-state index contributed by atoms with van der Waals surface area (Å²) in [5.41, 5.74) is 1.08. The molecular weight excluding hydrogens is 262 g/mol. The Balaban J connectivity index is 2.05. The van der Waals surface area contributed by atoms with Crippen molar-refractivity contribution in [2.24, 2.45) is 0 Å². The number of oxazole rings is 1. The molecule has 0 aliphatic heterocycles. The molecule has 2 N–H and O–H groups in total. The minimum Gasteiger partial charge on any atom is -0.478 e. The maximum absolute atomic E-state index is 11.9.